The fourth-order valence-electron chi connectivity index (χ4n) is 1.88. The van der Waals surface area contributed by atoms with Gasteiger partial charge in [0.15, 0.2) is 0 Å². The van der Waals surface area contributed by atoms with Crippen LogP contribution in [0.15, 0.2) is 24.3 Å². The van der Waals surface area contributed by atoms with Crippen LogP contribution < -0.4 is 4.74 Å². The van der Waals surface area contributed by atoms with Gasteiger partial charge in [-0.25, -0.2) is 0 Å². The van der Waals surface area contributed by atoms with Gasteiger partial charge in [-0.15, -0.1) is 0 Å². The molecular formula is C17H23ClO4. The van der Waals surface area contributed by atoms with Gasteiger partial charge in [0.2, 0.25) is 0 Å². The van der Waals surface area contributed by atoms with Crippen LogP contribution in [0.25, 0.3) is 0 Å². The first-order valence-corrected chi connectivity index (χ1v) is 8.11. The predicted octanol–water partition coefficient (Wildman–Crippen LogP) is 4.54. The van der Waals surface area contributed by atoms with E-state index in [1.54, 1.807) is 24.3 Å². The van der Waals surface area contributed by atoms with Crippen molar-refractivity contribution < 1.29 is 19.1 Å². The monoisotopic (exact) mass is 326 g/mol. The zero-order chi connectivity index (χ0) is 16.2. The molecule has 0 atom stereocenters. The Morgan fingerprint density at radius 3 is 2.50 bits per heavy atom. The Morgan fingerprint density at radius 2 is 1.77 bits per heavy atom. The van der Waals surface area contributed by atoms with Crippen LogP contribution in [0.2, 0.25) is 5.02 Å². The number of hydrogen-bond acceptors (Lipinski definition) is 4. The van der Waals surface area contributed by atoms with Crippen molar-refractivity contribution in [3.8, 4) is 5.75 Å². The number of benzene rings is 1. The van der Waals surface area contributed by atoms with E-state index in [1.165, 1.54) is 19.3 Å². The third kappa shape index (κ3) is 8.67. The van der Waals surface area contributed by atoms with Crippen LogP contribution in [0, 0.1) is 0 Å². The summed E-state index contributed by atoms with van der Waals surface area (Å²) in [6.45, 7) is 2.58. The number of carbonyl (C=O) groups excluding carboxylic acids is 2. The SMILES string of the molecule is CCCCCCCOC(=O)CCC(=O)Oc1cccc(Cl)c1. The molecule has 0 N–H and O–H groups in total. The molecule has 1 rings (SSSR count). The minimum atomic E-state index is -0.470. The third-order valence-corrected chi connectivity index (χ3v) is 3.31. The van der Waals surface area contributed by atoms with E-state index in [9.17, 15) is 9.59 Å². The van der Waals surface area contributed by atoms with Crippen LogP contribution >= 0.6 is 11.6 Å². The summed E-state index contributed by atoms with van der Waals surface area (Å²) in [6, 6.07) is 6.57. The van der Waals surface area contributed by atoms with E-state index < -0.39 is 5.97 Å². The van der Waals surface area contributed by atoms with Crippen molar-refractivity contribution in [3.05, 3.63) is 29.3 Å². The van der Waals surface area contributed by atoms with E-state index in [0.29, 0.717) is 17.4 Å². The Kier molecular flexibility index (Phi) is 9.31. The van der Waals surface area contributed by atoms with Crippen LogP contribution in [0.4, 0.5) is 0 Å². The summed E-state index contributed by atoms with van der Waals surface area (Å²) in [5.74, 6) is -0.456. The first-order valence-electron chi connectivity index (χ1n) is 7.73. The Balaban J connectivity index is 2.11. The number of esters is 2. The molecule has 4 nitrogen and oxygen atoms in total. The molecule has 0 bridgehead atoms. The highest BCUT2D eigenvalue weighted by Gasteiger charge is 2.10. The topological polar surface area (TPSA) is 52.6 Å². The molecule has 22 heavy (non-hydrogen) atoms. The van der Waals surface area contributed by atoms with Crippen LogP contribution in [0.3, 0.4) is 0 Å². The largest absolute Gasteiger partial charge is 0.466 e. The van der Waals surface area contributed by atoms with E-state index in [0.717, 1.165) is 12.8 Å². The average Bonchev–Trinajstić information content (AvgIpc) is 2.49. The van der Waals surface area contributed by atoms with E-state index in [-0.39, 0.29) is 18.8 Å². The molecule has 5 heteroatoms. The molecule has 122 valence electrons. The van der Waals surface area contributed by atoms with Gasteiger partial charge in [-0.2, -0.15) is 0 Å². The molecule has 0 saturated carbocycles. The van der Waals surface area contributed by atoms with Crippen molar-refractivity contribution in [1.82, 2.24) is 0 Å². The molecular weight excluding hydrogens is 304 g/mol. The Morgan fingerprint density at radius 1 is 1.05 bits per heavy atom. The highest BCUT2D eigenvalue weighted by atomic mass is 35.5. The molecule has 0 saturated heterocycles. The van der Waals surface area contributed by atoms with E-state index in [4.69, 9.17) is 21.1 Å². The summed E-state index contributed by atoms with van der Waals surface area (Å²) < 4.78 is 10.2. The van der Waals surface area contributed by atoms with Gasteiger partial charge in [0.05, 0.1) is 19.4 Å². The van der Waals surface area contributed by atoms with Crippen LogP contribution in [0.5, 0.6) is 5.75 Å². The van der Waals surface area contributed by atoms with Crippen molar-refractivity contribution >= 4 is 23.5 Å². The lowest BCUT2D eigenvalue weighted by Crippen LogP contribution is -2.12. The number of carbonyl (C=O) groups is 2. The normalized spacial score (nSPS) is 10.3. The predicted molar refractivity (Wildman–Crippen MR) is 86.0 cm³/mol. The molecule has 0 amide bonds. The molecule has 0 unspecified atom stereocenters. The molecule has 0 aliphatic heterocycles. The zero-order valence-electron chi connectivity index (χ0n) is 13.0. The van der Waals surface area contributed by atoms with Crippen LogP contribution in [0.1, 0.15) is 51.9 Å². The van der Waals surface area contributed by atoms with E-state index in [1.807, 2.05) is 0 Å². The minimum Gasteiger partial charge on any atom is -0.466 e. The number of rotatable bonds is 10. The Hall–Kier alpha value is -1.55. The molecule has 1 aromatic carbocycles. The highest BCUT2D eigenvalue weighted by molar-refractivity contribution is 6.30. The molecule has 1 aromatic rings. The number of hydrogen-bond donors (Lipinski definition) is 0. The second-order valence-corrected chi connectivity index (χ2v) is 5.50. The van der Waals surface area contributed by atoms with Crippen LogP contribution in [-0.4, -0.2) is 18.5 Å². The van der Waals surface area contributed by atoms with Crippen molar-refractivity contribution in [2.45, 2.75) is 51.9 Å². The lowest BCUT2D eigenvalue weighted by molar-refractivity contribution is -0.147. The number of halogens is 1. The van der Waals surface area contributed by atoms with Crippen molar-refractivity contribution in [1.29, 1.82) is 0 Å². The summed E-state index contributed by atoms with van der Waals surface area (Å²) in [5.41, 5.74) is 0. The molecule has 0 aliphatic rings. The van der Waals surface area contributed by atoms with Gasteiger partial charge in [0.25, 0.3) is 0 Å². The van der Waals surface area contributed by atoms with Gasteiger partial charge in [0, 0.05) is 5.02 Å². The van der Waals surface area contributed by atoms with Gasteiger partial charge in [0.1, 0.15) is 5.75 Å². The van der Waals surface area contributed by atoms with Crippen LogP contribution in [-0.2, 0) is 14.3 Å². The van der Waals surface area contributed by atoms with E-state index in [2.05, 4.69) is 6.92 Å². The summed E-state index contributed by atoms with van der Waals surface area (Å²) >= 11 is 5.79. The summed E-state index contributed by atoms with van der Waals surface area (Å²) in [7, 11) is 0. The maximum absolute atomic E-state index is 11.6. The second-order valence-electron chi connectivity index (χ2n) is 5.07. The lowest BCUT2D eigenvalue weighted by atomic mass is 10.2. The van der Waals surface area contributed by atoms with Gasteiger partial charge in [-0.3, -0.25) is 9.59 Å². The quantitative estimate of drug-likeness (QED) is 0.360. The van der Waals surface area contributed by atoms with Gasteiger partial charge in [-0.1, -0.05) is 50.3 Å². The average molecular weight is 327 g/mol. The van der Waals surface area contributed by atoms with Gasteiger partial charge < -0.3 is 9.47 Å². The first-order chi connectivity index (χ1) is 10.6. The standard InChI is InChI=1S/C17H23ClO4/c1-2-3-4-5-6-12-21-16(19)10-11-17(20)22-15-9-7-8-14(18)13-15/h7-9,13H,2-6,10-12H2,1H3. The molecule has 0 heterocycles. The van der Waals surface area contributed by atoms with E-state index >= 15 is 0 Å². The summed E-state index contributed by atoms with van der Waals surface area (Å²) in [4.78, 5) is 23.1. The highest BCUT2D eigenvalue weighted by Crippen LogP contribution is 2.17. The number of unbranched alkanes of at least 4 members (excludes halogenated alkanes) is 4. The maximum atomic E-state index is 11.6. The number of ether oxygens (including phenoxy) is 2. The molecule has 0 aromatic heterocycles. The molecule has 0 spiro atoms. The maximum Gasteiger partial charge on any atom is 0.311 e. The first kappa shape index (κ1) is 18.5. The van der Waals surface area contributed by atoms with Crippen molar-refractivity contribution in [2.24, 2.45) is 0 Å². The van der Waals surface area contributed by atoms with Crippen molar-refractivity contribution in [3.63, 3.8) is 0 Å². The molecule has 0 radical (unpaired) electrons. The summed E-state index contributed by atoms with van der Waals surface area (Å²) in [6.07, 6.45) is 5.55. The fourth-order valence-corrected chi connectivity index (χ4v) is 2.06. The third-order valence-electron chi connectivity index (χ3n) is 3.07. The Labute approximate surface area is 136 Å². The van der Waals surface area contributed by atoms with Gasteiger partial charge >= 0.3 is 11.9 Å². The molecule has 0 fully saturated rings. The molecule has 0 aliphatic carbocycles. The zero-order valence-corrected chi connectivity index (χ0v) is 13.7. The lowest BCUT2D eigenvalue weighted by Gasteiger charge is -2.06. The fraction of sp³-hybridized carbons (Fsp3) is 0.529. The Bertz CT molecular complexity index is 473. The van der Waals surface area contributed by atoms with Gasteiger partial charge in [-0.05, 0) is 24.6 Å². The van der Waals surface area contributed by atoms with Crippen molar-refractivity contribution in [2.75, 3.05) is 6.61 Å². The summed E-state index contributed by atoms with van der Waals surface area (Å²) in [5, 5.41) is 0.493. The second kappa shape index (κ2) is 11.1. The smallest absolute Gasteiger partial charge is 0.311 e. The minimum absolute atomic E-state index is 0.00117.